The Balaban J connectivity index is 2.22. The molecule has 0 radical (unpaired) electrons. The largest absolute Gasteiger partial charge is 0.457 e. The minimum atomic E-state index is 0.627. The third-order valence-corrected chi connectivity index (χ3v) is 2.55. The topological polar surface area (TPSA) is 33.0 Å². The first kappa shape index (κ1) is 11.9. The Labute approximate surface area is 107 Å². The lowest BCUT2D eigenvalue weighted by atomic mass is 10.1. The molecule has 2 heteroatoms. The molecule has 0 saturated heterocycles. The average molecular weight is 235 g/mol. The molecule has 0 aliphatic carbocycles. The van der Waals surface area contributed by atoms with E-state index in [4.69, 9.17) is 10.00 Å². The highest BCUT2D eigenvalue weighted by Crippen LogP contribution is 2.25. The summed E-state index contributed by atoms with van der Waals surface area (Å²) >= 11 is 0. The van der Waals surface area contributed by atoms with Crippen LogP contribution in [-0.2, 0) is 6.42 Å². The number of rotatable bonds is 4. The second kappa shape index (κ2) is 5.70. The SMILES string of the molecule is C=CCc1ccccc1Oc1ccc(C#N)cc1. The highest BCUT2D eigenvalue weighted by molar-refractivity contribution is 5.41. The first-order chi connectivity index (χ1) is 8.83. The molecule has 0 bridgehead atoms. The van der Waals surface area contributed by atoms with Crippen molar-refractivity contribution in [1.82, 2.24) is 0 Å². The van der Waals surface area contributed by atoms with E-state index < -0.39 is 0 Å². The second-order valence-corrected chi connectivity index (χ2v) is 3.84. The summed E-state index contributed by atoms with van der Waals surface area (Å²) in [5.74, 6) is 1.55. The van der Waals surface area contributed by atoms with E-state index in [2.05, 4.69) is 12.6 Å². The second-order valence-electron chi connectivity index (χ2n) is 3.84. The summed E-state index contributed by atoms with van der Waals surface area (Å²) in [7, 11) is 0. The van der Waals surface area contributed by atoms with Crippen LogP contribution in [0, 0.1) is 11.3 Å². The molecule has 0 saturated carbocycles. The maximum atomic E-state index is 8.73. The zero-order valence-corrected chi connectivity index (χ0v) is 9.97. The standard InChI is InChI=1S/C16H13NO/c1-2-5-14-6-3-4-7-16(14)18-15-10-8-13(12-17)9-11-15/h2-4,6-11H,1,5H2. The summed E-state index contributed by atoms with van der Waals surface area (Å²) in [5, 5.41) is 8.73. The van der Waals surface area contributed by atoms with Gasteiger partial charge in [0.2, 0.25) is 0 Å². The van der Waals surface area contributed by atoms with Crippen LogP contribution in [0.1, 0.15) is 11.1 Å². The smallest absolute Gasteiger partial charge is 0.130 e. The van der Waals surface area contributed by atoms with Crippen LogP contribution in [-0.4, -0.2) is 0 Å². The fourth-order valence-corrected chi connectivity index (χ4v) is 1.65. The monoisotopic (exact) mass is 235 g/mol. The van der Waals surface area contributed by atoms with Crippen molar-refractivity contribution in [2.45, 2.75) is 6.42 Å². The molecule has 0 N–H and O–H groups in total. The Morgan fingerprint density at radius 2 is 1.83 bits per heavy atom. The Bertz CT molecular complexity index is 579. The van der Waals surface area contributed by atoms with E-state index in [1.54, 1.807) is 24.3 Å². The lowest BCUT2D eigenvalue weighted by Crippen LogP contribution is -1.90. The molecular formula is C16H13NO. The van der Waals surface area contributed by atoms with Crippen molar-refractivity contribution in [2.24, 2.45) is 0 Å². The van der Waals surface area contributed by atoms with Gasteiger partial charge in [0.05, 0.1) is 11.6 Å². The number of nitrogens with zero attached hydrogens (tertiary/aromatic N) is 1. The van der Waals surface area contributed by atoms with Crippen LogP contribution in [0.3, 0.4) is 0 Å². The van der Waals surface area contributed by atoms with Gasteiger partial charge in [-0.05, 0) is 42.3 Å². The number of para-hydroxylation sites is 1. The molecule has 0 aliphatic rings. The molecule has 18 heavy (non-hydrogen) atoms. The van der Waals surface area contributed by atoms with E-state index in [-0.39, 0.29) is 0 Å². The van der Waals surface area contributed by atoms with Gasteiger partial charge in [-0.1, -0.05) is 24.3 Å². The van der Waals surface area contributed by atoms with Crippen LogP contribution in [0.4, 0.5) is 0 Å². The molecular weight excluding hydrogens is 222 g/mol. The van der Waals surface area contributed by atoms with Gasteiger partial charge in [-0.3, -0.25) is 0 Å². The van der Waals surface area contributed by atoms with Crippen molar-refractivity contribution in [3.05, 3.63) is 72.3 Å². The molecule has 0 spiro atoms. The van der Waals surface area contributed by atoms with Gasteiger partial charge in [-0.25, -0.2) is 0 Å². The Hall–Kier alpha value is -2.53. The predicted molar refractivity (Wildman–Crippen MR) is 71.6 cm³/mol. The van der Waals surface area contributed by atoms with Crippen molar-refractivity contribution >= 4 is 0 Å². The lowest BCUT2D eigenvalue weighted by molar-refractivity contribution is 0.477. The van der Waals surface area contributed by atoms with Crippen molar-refractivity contribution in [3.8, 4) is 17.6 Å². The Morgan fingerprint density at radius 3 is 2.50 bits per heavy atom. The van der Waals surface area contributed by atoms with Gasteiger partial charge in [0.1, 0.15) is 11.5 Å². The number of ether oxygens (including phenoxy) is 1. The van der Waals surface area contributed by atoms with Crippen LogP contribution in [0.5, 0.6) is 11.5 Å². The molecule has 2 aromatic rings. The van der Waals surface area contributed by atoms with Crippen molar-refractivity contribution in [1.29, 1.82) is 5.26 Å². The summed E-state index contributed by atoms with van der Waals surface area (Å²) in [6.07, 6.45) is 2.62. The summed E-state index contributed by atoms with van der Waals surface area (Å²) in [6, 6.07) is 17.0. The van der Waals surface area contributed by atoms with Crippen LogP contribution < -0.4 is 4.74 Å². The van der Waals surface area contributed by atoms with Gasteiger partial charge in [-0.15, -0.1) is 6.58 Å². The molecule has 0 aromatic heterocycles. The third kappa shape index (κ3) is 2.78. The first-order valence-corrected chi connectivity index (χ1v) is 5.70. The fourth-order valence-electron chi connectivity index (χ4n) is 1.65. The number of nitriles is 1. The highest BCUT2D eigenvalue weighted by Gasteiger charge is 2.02. The zero-order chi connectivity index (χ0) is 12.8. The molecule has 2 aromatic carbocycles. The fraction of sp³-hybridized carbons (Fsp3) is 0.0625. The van der Waals surface area contributed by atoms with Gasteiger partial charge in [0.15, 0.2) is 0 Å². The van der Waals surface area contributed by atoms with Crippen LogP contribution in [0.25, 0.3) is 0 Å². The molecule has 0 unspecified atom stereocenters. The molecule has 0 amide bonds. The van der Waals surface area contributed by atoms with Gasteiger partial charge < -0.3 is 4.74 Å². The number of benzene rings is 2. The predicted octanol–water partition coefficient (Wildman–Crippen LogP) is 4.08. The number of hydrogen-bond donors (Lipinski definition) is 0. The van der Waals surface area contributed by atoms with Crippen molar-refractivity contribution in [3.63, 3.8) is 0 Å². The maximum absolute atomic E-state index is 8.73. The summed E-state index contributed by atoms with van der Waals surface area (Å²) in [4.78, 5) is 0. The average Bonchev–Trinajstić information content (AvgIpc) is 2.42. The van der Waals surface area contributed by atoms with Crippen LogP contribution in [0.2, 0.25) is 0 Å². The van der Waals surface area contributed by atoms with E-state index in [0.29, 0.717) is 5.56 Å². The lowest BCUT2D eigenvalue weighted by Gasteiger charge is -2.09. The molecule has 2 rings (SSSR count). The molecule has 2 nitrogen and oxygen atoms in total. The van der Waals surface area contributed by atoms with E-state index in [0.717, 1.165) is 23.5 Å². The molecule has 0 atom stereocenters. The minimum absolute atomic E-state index is 0.627. The zero-order valence-electron chi connectivity index (χ0n) is 9.97. The van der Waals surface area contributed by atoms with Crippen molar-refractivity contribution < 1.29 is 4.74 Å². The normalized spacial score (nSPS) is 9.50. The van der Waals surface area contributed by atoms with Gasteiger partial charge in [0.25, 0.3) is 0 Å². The van der Waals surface area contributed by atoms with Gasteiger partial charge >= 0.3 is 0 Å². The van der Waals surface area contributed by atoms with Crippen molar-refractivity contribution in [2.75, 3.05) is 0 Å². The van der Waals surface area contributed by atoms with Gasteiger partial charge in [-0.2, -0.15) is 5.26 Å². The molecule has 0 heterocycles. The van der Waals surface area contributed by atoms with E-state index in [9.17, 15) is 0 Å². The molecule has 0 aliphatic heterocycles. The minimum Gasteiger partial charge on any atom is -0.457 e. The van der Waals surface area contributed by atoms with Crippen LogP contribution in [0.15, 0.2) is 61.2 Å². The highest BCUT2D eigenvalue weighted by atomic mass is 16.5. The molecule has 88 valence electrons. The van der Waals surface area contributed by atoms with Gasteiger partial charge in [0, 0.05) is 0 Å². The van der Waals surface area contributed by atoms with E-state index in [1.165, 1.54) is 0 Å². The first-order valence-electron chi connectivity index (χ1n) is 5.70. The number of allylic oxidation sites excluding steroid dienone is 1. The summed E-state index contributed by atoms with van der Waals surface area (Å²) in [5.41, 5.74) is 1.72. The van der Waals surface area contributed by atoms with E-state index in [1.807, 2.05) is 30.3 Å². The quantitative estimate of drug-likeness (QED) is 0.748. The van der Waals surface area contributed by atoms with E-state index >= 15 is 0 Å². The Morgan fingerprint density at radius 1 is 1.11 bits per heavy atom. The third-order valence-electron chi connectivity index (χ3n) is 2.55. The number of hydrogen-bond acceptors (Lipinski definition) is 2. The summed E-state index contributed by atoms with van der Waals surface area (Å²) in [6.45, 7) is 3.74. The Kier molecular flexibility index (Phi) is 3.78. The summed E-state index contributed by atoms with van der Waals surface area (Å²) < 4.78 is 5.80. The molecule has 0 fully saturated rings. The maximum Gasteiger partial charge on any atom is 0.130 e. The van der Waals surface area contributed by atoms with Crippen LogP contribution >= 0.6 is 0 Å².